The van der Waals surface area contributed by atoms with Crippen LogP contribution >= 0.6 is 0 Å². The Bertz CT molecular complexity index is 1170. The van der Waals surface area contributed by atoms with Crippen LogP contribution in [0.3, 0.4) is 0 Å². The lowest BCUT2D eigenvalue weighted by Crippen LogP contribution is -2.07. The third-order valence-electron chi connectivity index (χ3n) is 3.97. The normalized spacial score (nSPS) is 11.2. The van der Waals surface area contributed by atoms with Gasteiger partial charge in [-0.25, -0.2) is 14.3 Å². The van der Waals surface area contributed by atoms with E-state index >= 15 is 0 Å². The quantitative estimate of drug-likeness (QED) is 0.573. The standard InChI is InChI=1S/C18H12N2O4/c1-10-15-16(12-7-3-5-9-14(12)24-18(15)23)20(19-10)13-8-4-2-6-11(13)17(21)22/h2-9H,1H3,(H,21,22). The third kappa shape index (κ3) is 1.93. The van der Waals surface area contributed by atoms with Crippen LogP contribution in [-0.4, -0.2) is 20.9 Å². The van der Waals surface area contributed by atoms with Crippen molar-refractivity contribution in [2.75, 3.05) is 0 Å². The summed E-state index contributed by atoms with van der Waals surface area (Å²) in [5.41, 5.74) is 1.50. The first-order valence-corrected chi connectivity index (χ1v) is 7.32. The Kier molecular flexibility index (Phi) is 2.99. The predicted molar refractivity (Wildman–Crippen MR) is 88.8 cm³/mol. The van der Waals surface area contributed by atoms with Crippen LogP contribution in [0.4, 0.5) is 0 Å². The lowest BCUT2D eigenvalue weighted by Gasteiger charge is -2.08. The van der Waals surface area contributed by atoms with Gasteiger partial charge in [0.1, 0.15) is 11.0 Å². The van der Waals surface area contributed by atoms with Crippen LogP contribution in [-0.2, 0) is 0 Å². The Balaban J connectivity index is 2.23. The van der Waals surface area contributed by atoms with Gasteiger partial charge >= 0.3 is 11.6 Å². The fraction of sp³-hybridized carbons (Fsp3) is 0.0556. The number of carboxylic acid groups (broad SMARTS) is 1. The van der Waals surface area contributed by atoms with Crippen LogP contribution in [0.2, 0.25) is 0 Å². The SMILES string of the molecule is Cc1nn(-c2ccccc2C(=O)O)c2c1c(=O)oc1ccccc12. The Morgan fingerprint density at radius 3 is 2.62 bits per heavy atom. The molecular weight excluding hydrogens is 308 g/mol. The van der Waals surface area contributed by atoms with Gasteiger partial charge < -0.3 is 9.52 Å². The van der Waals surface area contributed by atoms with Crippen molar-refractivity contribution in [3.05, 3.63) is 70.2 Å². The Hall–Kier alpha value is -3.41. The smallest absolute Gasteiger partial charge is 0.347 e. The highest BCUT2D eigenvalue weighted by molar-refractivity contribution is 6.04. The first kappa shape index (κ1) is 14.2. The summed E-state index contributed by atoms with van der Waals surface area (Å²) in [7, 11) is 0. The van der Waals surface area contributed by atoms with E-state index in [1.54, 1.807) is 37.3 Å². The van der Waals surface area contributed by atoms with Crippen molar-refractivity contribution < 1.29 is 14.3 Å². The van der Waals surface area contributed by atoms with Gasteiger partial charge in [-0.3, -0.25) is 0 Å². The molecule has 2 aromatic carbocycles. The van der Waals surface area contributed by atoms with Crippen molar-refractivity contribution in [3.63, 3.8) is 0 Å². The zero-order valence-electron chi connectivity index (χ0n) is 12.7. The molecule has 0 saturated carbocycles. The maximum atomic E-state index is 12.3. The van der Waals surface area contributed by atoms with Gasteiger partial charge in [-0.2, -0.15) is 5.10 Å². The van der Waals surface area contributed by atoms with Crippen LogP contribution in [0, 0.1) is 6.92 Å². The van der Waals surface area contributed by atoms with Crippen LogP contribution in [0.15, 0.2) is 57.7 Å². The van der Waals surface area contributed by atoms with E-state index in [1.807, 2.05) is 12.1 Å². The molecular formula is C18H12N2O4. The monoisotopic (exact) mass is 320 g/mol. The lowest BCUT2D eigenvalue weighted by molar-refractivity contribution is 0.0697. The van der Waals surface area contributed by atoms with E-state index in [-0.39, 0.29) is 5.56 Å². The number of carbonyl (C=O) groups is 1. The van der Waals surface area contributed by atoms with Gasteiger partial charge in [-0.05, 0) is 31.2 Å². The number of fused-ring (bicyclic) bond motifs is 3. The van der Waals surface area contributed by atoms with Gasteiger partial charge in [0.05, 0.1) is 22.5 Å². The summed E-state index contributed by atoms with van der Waals surface area (Å²) >= 11 is 0. The second-order valence-corrected chi connectivity index (χ2v) is 5.43. The van der Waals surface area contributed by atoms with E-state index in [2.05, 4.69) is 5.10 Å². The largest absolute Gasteiger partial charge is 0.478 e. The summed E-state index contributed by atoms with van der Waals surface area (Å²) in [4.78, 5) is 23.9. The maximum Gasteiger partial charge on any atom is 0.347 e. The molecule has 1 N–H and O–H groups in total. The number of rotatable bonds is 2. The molecule has 0 amide bonds. The van der Waals surface area contributed by atoms with Gasteiger partial charge in [-0.15, -0.1) is 0 Å². The molecule has 2 aromatic heterocycles. The van der Waals surface area contributed by atoms with E-state index in [0.717, 1.165) is 0 Å². The molecule has 2 heterocycles. The Morgan fingerprint density at radius 2 is 1.83 bits per heavy atom. The molecule has 0 fully saturated rings. The average molecular weight is 320 g/mol. The zero-order chi connectivity index (χ0) is 16.8. The Labute approximate surface area is 135 Å². The molecule has 24 heavy (non-hydrogen) atoms. The molecule has 0 saturated heterocycles. The van der Waals surface area contributed by atoms with Crippen molar-refractivity contribution in [1.29, 1.82) is 0 Å². The molecule has 0 aliphatic carbocycles. The summed E-state index contributed by atoms with van der Waals surface area (Å²) in [6.45, 7) is 1.70. The third-order valence-corrected chi connectivity index (χ3v) is 3.97. The van der Waals surface area contributed by atoms with Crippen LogP contribution in [0.25, 0.3) is 27.6 Å². The molecule has 0 unspecified atom stereocenters. The number of aryl methyl sites for hydroxylation is 1. The number of carboxylic acids is 1. The van der Waals surface area contributed by atoms with Gasteiger partial charge in [0.25, 0.3) is 0 Å². The van der Waals surface area contributed by atoms with Gasteiger partial charge in [0.2, 0.25) is 0 Å². The summed E-state index contributed by atoms with van der Waals surface area (Å²) in [6, 6.07) is 13.7. The molecule has 0 atom stereocenters. The molecule has 0 aliphatic rings. The van der Waals surface area contributed by atoms with E-state index < -0.39 is 11.6 Å². The fourth-order valence-electron chi connectivity index (χ4n) is 2.94. The number of aromatic nitrogens is 2. The number of hydrogen-bond donors (Lipinski definition) is 1. The summed E-state index contributed by atoms with van der Waals surface area (Å²) in [5.74, 6) is -1.06. The number of hydrogen-bond acceptors (Lipinski definition) is 4. The summed E-state index contributed by atoms with van der Waals surface area (Å²) < 4.78 is 6.86. The molecule has 0 aliphatic heterocycles. The molecule has 0 radical (unpaired) electrons. The van der Waals surface area contributed by atoms with Crippen molar-refractivity contribution in [2.45, 2.75) is 6.92 Å². The number of para-hydroxylation sites is 2. The van der Waals surface area contributed by atoms with Crippen LogP contribution < -0.4 is 5.63 Å². The van der Waals surface area contributed by atoms with Crippen molar-refractivity contribution in [1.82, 2.24) is 9.78 Å². The summed E-state index contributed by atoms with van der Waals surface area (Å²) in [6.07, 6.45) is 0. The predicted octanol–water partition coefficient (Wildman–Crippen LogP) is 3.14. The summed E-state index contributed by atoms with van der Waals surface area (Å²) in [5, 5.41) is 14.9. The molecule has 4 rings (SSSR count). The highest BCUT2D eigenvalue weighted by Crippen LogP contribution is 2.28. The van der Waals surface area contributed by atoms with Gasteiger partial charge in [0, 0.05) is 5.39 Å². The average Bonchev–Trinajstić information content (AvgIpc) is 2.93. The molecule has 118 valence electrons. The maximum absolute atomic E-state index is 12.3. The number of aromatic carboxylic acids is 1. The van der Waals surface area contributed by atoms with Gasteiger partial charge in [-0.1, -0.05) is 24.3 Å². The van der Waals surface area contributed by atoms with Crippen molar-refractivity contribution in [2.24, 2.45) is 0 Å². The van der Waals surface area contributed by atoms with Crippen LogP contribution in [0.1, 0.15) is 16.1 Å². The second-order valence-electron chi connectivity index (χ2n) is 5.43. The molecule has 6 nitrogen and oxygen atoms in total. The van der Waals surface area contributed by atoms with Crippen molar-refractivity contribution in [3.8, 4) is 5.69 Å². The first-order chi connectivity index (χ1) is 11.6. The van der Waals surface area contributed by atoms with E-state index in [1.165, 1.54) is 10.7 Å². The van der Waals surface area contributed by atoms with Gasteiger partial charge in [0.15, 0.2) is 0 Å². The molecule has 4 aromatic rings. The molecule has 0 bridgehead atoms. The van der Waals surface area contributed by atoms with E-state index in [9.17, 15) is 14.7 Å². The highest BCUT2D eigenvalue weighted by Gasteiger charge is 2.20. The van der Waals surface area contributed by atoms with Crippen molar-refractivity contribution >= 4 is 27.8 Å². The highest BCUT2D eigenvalue weighted by atomic mass is 16.4. The molecule has 6 heteroatoms. The minimum Gasteiger partial charge on any atom is -0.478 e. The van der Waals surface area contributed by atoms with E-state index in [0.29, 0.717) is 33.3 Å². The lowest BCUT2D eigenvalue weighted by atomic mass is 10.1. The molecule has 0 spiro atoms. The minimum atomic E-state index is -1.06. The zero-order valence-corrected chi connectivity index (χ0v) is 12.7. The van der Waals surface area contributed by atoms with Crippen LogP contribution in [0.5, 0.6) is 0 Å². The minimum absolute atomic E-state index is 0.110. The number of benzene rings is 2. The Morgan fingerprint density at radius 1 is 1.12 bits per heavy atom. The fourth-order valence-corrected chi connectivity index (χ4v) is 2.94. The first-order valence-electron chi connectivity index (χ1n) is 7.32. The second kappa shape index (κ2) is 5.06. The number of nitrogens with zero attached hydrogens (tertiary/aromatic N) is 2. The van der Waals surface area contributed by atoms with E-state index in [4.69, 9.17) is 4.42 Å². The topological polar surface area (TPSA) is 85.3 Å².